The SMILES string of the molecule is C=CCN1C(=O)[C@H](OC)[C@@H]1[C@H](O[Si](C)(C)C(C)(C)C)[C@@H]1N[C@](C)(C(=O)OC)[C@@H]2C(=O)N(C)C(=O)[C@H]12. The summed E-state index contributed by atoms with van der Waals surface area (Å²) in [5.41, 5.74) is -1.43. The van der Waals surface area contributed by atoms with Gasteiger partial charge in [0.25, 0.3) is 5.91 Å². The third-order valence-corrected chi connectivity index (χ3v) is 12.8. The molecule has 3 saturated heterocycles. The van der Waals surface area contributed by atoms with Crippen molar-refractivity contribution in [1.82, 2.24) is 15.1 Å². The van der Waals surface area contributed by atoms with Crippen LogP contribution in [0.25, 0.3) is 0 Å². The van der Waals surface area contributed by atoms with E-state index in [1.807, 2.05) is 0 Å². The van der Waals surface area contributed by atoms with Crippen LogP contribution in [0.1, 0.15) is 27.7 Å². The van der Waals surface area contributed by atoms with Crippen molar-refractivity contribution in [3.63, 3.8) is 0 Å². The van der Waals surface area contributed by atoms with Gasteiger partial charge in [-0.25, -0.2) is 0 Å². The number of β-lactam (4-membered cyclic amide) rings is 1. The minimum atomic E-state index is -2.46. The molecule has 3 amide bonds. The molecule has 0 spiro atoms. The molecule has 3 fully saturated rings. The highest BCUT2D eigenvalue weighted by Crippen LogP contribution is 2.48. The number of amides is 3. The fourth-order valence-corrected chi connectivity index (χ4v) is 6.69. The quantitative estimate of drug-likeness (QED) is 0.169. The van der Waals surface area contributed by atoms with Crippen molar-refractivity contribution < 1.29 is 33.1 Å². The van der Waals surface area contributed by atoms with E-state index < -0.39 is 61.9 Å². The van der Waals surface area contributed by atoms with E-state index in [1.165, 1.54) is 21.3 Å². The van der Waals surface area contributed by atoms with E-state index >= 15 is 0 Å². The van der Waals surface area contributed by atoms with Crippen molar-refractivity contribution in [3.05, 3.63) is 12.7 Å². The smallest absolute Gasteiger partial charge is 0.326 e. The van der Waals surface area contributed by atoms with Crippen LogP contribution in [0.2, 0.25) is 18.1 Å². The largest absolute Gasteiger partial charge is 0.468 e. The Hall–Kier alpha value is -2.08. The number of nitrogens with zero attached hydrogens (tertiary/aromatic N) is 2. The predicted octanol–water partition coefficient (Wildman–Crippen LogP) is 0.923. The molecule has 10 nitrogen and oxygen atoms in total. The summed E-state index contributed by atoms with van der Waals surface area (Å²) >= 11 is 0. The summed E-state index contributed by atoms with van der Waals surface area (Å²) in [6.07, 6.45) is 0.127. The van der Waals surface area contributed by atoms with Gasteiger partial charge in [0.15, 0.2) is 14.4 Å². The molecule has 0 radical (unpaired) electrons. The van der Waals surface area contributed by atoms with Crippen LogP contribution in [0.3, 0.4) is 0 Å². The molecule has 0 unspecified atom stereocenters. The van der Waals surface area contributed by atoms with Crippen molar-refractivity contribution in [1.29, 1.82) is 0 Å². The number of hydrogen-bond acceptors (Lipinski definition) is 8. The minimum absolute atomic E-state index is 0.180. The highest BCUT2D eigenvalue weighted by Gasteiger charge is 2.70. The number of methoxy groups -OCH3 is 2. The van der Waals surface area contributed by atoms with Gasteiger partial charge in [-0.05, 0) is 25.1 Å². The molecule has 0 saturated carbocycles. The lowest BCUT2D eigenvalue weighted by molar-refractivity contribution is -0.180. The number of carbonyl (C=O) groups excluding carboxylic acids is 4. The zero-order chi connectivity index (χ0) is 26.7. The van der Waals surface area contributed by atoms with Gasteiger partial charge in [0, 0.05) is 26.7 Å². The van der Waals surface area contributed by atoms with Crippen LogP contribution in [0.4, 0.5) is 0 Å². The Kier molecular flexibility index (Phi) is 7.15. The second-order valence-electron chi connectivity index (χ2n) is 11.4. The molecule has 0 bridgehead atoms. The summed E-state index contributed by atoms with van der Waals surface area (Å²) in [5, 5.41) is 3.10. The van der Waals surface area contributed by atoms with Crippen molar-refractivity contribution in [3.8, 4) is 0 Å². The summed E-state index contributed by atoms with van der Waals surface area (Å²) in [6, 6.07) is -1.27. The number of hydrogen-bond donors (Lipinski definition) is 1. The maximum absolute atomic E-state index is 13.4. The van der Waals surface area contributed by atoms with Crippen molar-refractivity contribution in [2.24, 2.45) is 11.8 Å². The summed E-state index contributed by atoms with van der Waals surface area (Å²) in [7, 11) is 1.68. The Labute approximate surface area is 208 Å². The molecule has 0 aromatic carbocycles. The lowest BCUT2D eigenvalue weighted by Crippen LogP contribution is -2.74. The molecule has 11 heteroatoms. The van der Waals surface area contributed by atoms with E-state index in [-0.39, 0.29) is 23.4 Å². The minimum Gasteiger partial charge on any atom is -0.468 e. The molecular formula is C24H39N3O7Si. The number of nitrogens with one attached hydrogen (secondary N) is 1. The molecule has 7 atom stereocenters. The van der Waals surface area contributed by atoms with Gasteiger partial charge in [-0.2, -0.15) is 0 Å². The molecule has 3 aliphatic heterocycles. The molecule has 196 valence electrons. The number of likely N-dealkylation sites (tertiary alicyclic amines) is 2. The number of esters is 1. The summed E-state index contributed by atoms with van der Waals surface area (Å²) in [4.78, 5) is 55.0. The highest BCUT2D eigenvalue weighted by molar-refractivity contribution is 6.74. The van der Waals surface area contributed by atoms with E-state index in [0.717, 1.165) is 4.90 Å². The molecule has 0 aliphatic carbocycles. The topological polar surface area (TPSA) is 114 Å². The average molecular weight is 510 g/mol. The van der Waals surface area contributed by atoms with E-state index in [0.29, 0.717) is 0 Å². The first kappa shape index (κ1) is 27.5. The molecule has 1 N–H and O–H groups in total. The fourth-order valence-electron chi connectivity index (χ4n) is 5.37. The van der Waals surface area contributed by atoms with Crippen LogP contribution in [0.5, 0.6) is 0 Å². The van der Waals surface area contributed by atoms with E-state index in [2.05, 4.69) is 45.8 Å². The Morgan fingerprint density at radius 3 is 2.29 bits per heavy atom. The van der Waals surface area contributed by atoms with E-state index in [9.17, 15) is 19.2 Å². The average Bonchev–Trinajstić information content (AvgIpc) is 3.21. The zero-order valence-electron chi connectivity index (χ0n) is 22.2. The molecular weight excluding hydrogens is 470 g/mol. The van der Waals surface area contributed by atoms with E-state index in [1.54, 1.807) is 17.9 Å². The van der Waals surface area contributed by atoms with Crippen molar-refractivity contribution >= 4 is 32.0 Å². The van der Waals surface area contributed by atoms with Crippen LogP contribution >= 0.6 is 0 Å². The van der Waals surface area contributed by atoms with Crippen LogP contribution in [-0.2, 0) is 33.1 Å². The summed E-state index contributed by atoms with van der Waals surface area (Å²) in [5.74, 6) is -3.46. The number of fused-ring (bicyclic) bond motifs is 1. The fraction of sp³-hybridized carbons (Fsp3) is 0.750. The molecule has 0 aromatic heterocycles. The molecule has 3 rings (SSSR count). The molecule has 0 aromatic rings. The predicted molar refractivity (Wildman–Crippen MR) is 131 cm³/mol. The van der Waals surface area contributed by atoms with Crippen LogP contribution in [0.15, 0.2) is 12.7 Å². The lowest BCUT2D eigenvalue weighted by Gasteiger charge is -2.53. The van der Waals surface area contributed by atoms with Gasteiger partial charge < -0.3 is 18.8 Å². The van der Waals surface area contributed by atoms with Gasteiger partial charge in [-0.15, -0.1) is 6.58 Å². The third kappa shape index (κ3) is 4.06. The number of carbonyl (C=O) groups is 4. The number of imide groups is 1. The first-order valence-corrected chi connectivity index (χ1v) is 14.8. The Morgan fingerprint density at radius 1 is 1.20 bits per heavy atom. The Balaban J connectivity index is 2.16. The standard InChI is InChI=1S/C24H39N3O7Si/c1-11-12-27-16(18(32-7)21(27)30)17(34-35(9,10)23(2,3)4)15-13-14(20(29)26(6)19(13)28)24(5,25-15)22(31)33-8/h11,13-18,25H,1,12H2,2-10H3/t13-,14-,15+,16-,17+,18+,24-/m0/s1. The van der Waals surface area contributed by atoms with Gasteiger partial charge in [0.05, 0.1) is 31.1 Å². The van der Waals surface area contributed by atoms with Crippen LogP contribution < -0.4 is 5.32 Å². The lowest BCUT2D eigenvalue weighted by atomic mass is 9.78. The molecule has 35 heavy (non-hydrogen) atoms. The Morgan fingerprint density at radius 2 is 1.80 bits per heavy atom. The van der Waals surface area contributed by atoms with Gasteiger partial charge in [0.1, 0.15) is 5.54 Å². The maximum atomic E-state index is 13.4. The normalized spacial score (nSPS) is 34.1. The van der Waals surface area contributed by atoms with Gasteiger partial charge >= 0.3 is 5.97 Å². The second-order valence-corrected chi connectivity index (χ2v) is 16.1. The summed E-state index contributed by atoms with van der Waals surface area (Å²) < 4.78 is 17.5. The zero-order valence-corrected chi connectivity index (χ0v) is 23.2. The van der Waals surface area contributed by atoms with E-state index in [4.69, 9.17) is 13.9 Å². The second kappa shape index (κ2) is 9.09. The third-order valence-electron chi connectivity index (χ3n) is 8.36. The maximum Gasteiger partial charge on any atom is 0.326 e. The van der Waals surface area contributed by atoms with Crippen molar-refractivity contribution in [2.45, 2.75) is 75.7 Å². The van der Waals surface area contributed by atoms with Crippen LogP contribution in [-0.4, -0.2) is 99.5 Å². The van der Waals surface area contributed by atoms with Gasteiger partial charge in [0.2, 0.25) is 11.8 Å². The summed E-state index contributed by atoms with van der Waals surface area (Å²) in [6.45, 7) is 16.1. The molecule has 3 heterocycles. The van der Waals surface area contributed by atoms with Crippen LogP contribution in [0, 0.1) is 11.8 Å². The monoisotopic (exact) mass is 509 g/mol. The van der Waals surface area contributed by atoms with Gasteiger partial charge in [-0.3, -0.25) is 29.4 Å². The first-order chi connectivity index (χ1) is 16.1. The first-order valence-electron chi connectivity index (χ1n) is 11.9. The van der Waals surface area contributed by atoms with Gasteiger partial charge in [-0.1, -0.05) is 26.8 Å². The Bertz CT molecular complexity index is 933. The number of rotatable bonds is 8. The highest BCUT2D eigenvalue weighted by atomic mass is 28.4. The number of ether oxygens (including phenoxy) is 2. The molecule has 3 aliphatic rings. The van der Waals surface area contributed by atoms with Crippen molar-refractivity contribution in [2.75, 3.05) is 27.8 Å².